The van der Waals surface area contributed by atoms with Crippen LogP contribution >= 0.6 is 23.4 Å². The van der Waals surface area contributed by atoms with E-state index in [1.54, 1.807) is 0 Å². The molecule has 0 aliphatic rings. The van der Waals surface area contributed by atoms with Crippen LogP contribution in [0.25, 0.3) is 0 Å². The number of aromatic nitrogens is 2. The van der Waals surface area contributed by atoms with E-state index in [4.69, 9.17) is 16.7 Å². The molecule has 2 aromatic rings. The van der Waals surface area contributed by atoms with Crippen molar-refractivity contribution in [2.75, 3.05) is 5.75 Å². The summed E-state index contributed by atoms with van der Waals surface area (Å²) in [6, 6.07) is 7.59. The second kappa shape index (κ2) is 6.12. The van der Waals surface area contributed by atoms with Crippen LogP contribution in [0.1, 0.15) is 11.3 Å². The molecule has 0 fully saturated rings. The number of carbonyl (C=O) groups is 1. The SMILES string of the molecule is Cc1cn(Cc2ccccc2Cl)c(SCC(=O)O)n1. The van der Waals surface area contributed by atoms with Gasteiger partial charge in [0.15, 0.2) is 5.16 Å². The summed E-state index contributed by atoms with van der Waals surface area (Å²) < 4.78 is 1.92. The zero-order chi connectivity index (χ0) is 13.8. The fourth-order valence-electron chi connectivity index (χ4n) is 1.69. The maximum Gasteiger partial charge on any atom is 0.313 e. The molecule has 0 amide bonds. The molecule has 100 valence electrons. The lowest BCUT2D eigenvalue weighted by Crippen LogP contribution is -2.04. The quantitative estimate of drug-likeness (QED) is 0.862. The van der Waals surface area contributed by atoms with Crippen LogP contribution in [0.15, 0.2) is 35.6 Å². The molecule has 0 bridgehead atoms. The molecule has 0 unspecified atom stereocenters. The fourth-order valence-corrected chi connectivity index (χ4v) is 2.63. The Balaban J connectivity index is 2.20. The number of imidazole rings is 1. The summed E-state index contributed by atoms with van der Waals surface area (Å²) >= 11 is 7.34. The molecular weight excluding hydrogens is 284 g/mol. The number of hydrogen-bond donors (Lipinski definition) is 1. The van der Waals surface area contributed by atoms with Gasteiger partial charge in [0.25, 0.3) is 0 Å². The topological polar surface area (TPSA) is 55.1 Å². The number of nitrogens with zero attached hydrogens (tertiary/aromatic N) is 2. The molecule has 0 aliphatic heterocycles. The first-order chi connectivity index (χ1) is 9.06. The number of carboxylic acid groups (broad SMARTS) is 1. The van der Waals surface area contributed by atoms with Crippen LogP contribution in [-0.2, 0) is 11.3 Å². The normalized spacial score (nSPS) is 10.6. The third-order valence-electron chi connectivity index (χ3n) is 2.48. The van der Waals surface area contributed by atoms with Crippen LogP contribution in [-0.4, -0.2) is 26.4 Å². The predicted octanol–water partition coefficient (Wildman–Crippen LogP) is 3.07. The van der Waals surface area contributed by atoms with Crippen molar-refractivity contribution >= 4 is 29.3 Å². The van der Waals surface area contributed by atoms with Gasteiger partial charge < -0.3 is 9.67 Å². The number of benzene rings is 1. The van der Waals surface area contributed by atoms with Crippen molar-refractivity contribution < 1.29 is 9.90 Å². The smallest absolute Gasteiger partial charge is 0.313 e. The van der Waals surface area contributed by atoms with E-state index in [0.29, 0.717) is 16.7 Å². The Morgan fingerprint density at radius 2 is 2.21 bits per heavy atom. The first-order valence-electron chi connectivity index (χ1n) is 5.68. The van der Waals surface area contributed by atoms with Crippen molar-refractivity contribution in [3.8, 4) is 0 Å². The molecule has 1 aromatic heterocycles. The van der Waals surface area contributed by atoms with Gasteiger partial charge in [-0.05, 0) is 18.6 Å². The van der Waals surface area contributed by atoms with Crippen LogP contribution in [0.3, 0.4) is 0 Å². The summed E-state index contributed by atoms with van der Waals surface area (Å²) in [5.74, 6) is -0.853. The average molecular weight is 297 g/mol. The Morgan fingerprint density at radius 1 is 1.47 bits per heavy atom. The largest absolute Gasteiger partial charge is 0.481 e. The molecule has 0 radical (unpaired) electrons. The molecule has 1 aromatic carbocycles. The highest BCUT2D eigenvalue weighted by atomic mass is 35.5. The van der Waals surface area contributed by atoms with E-state index < -0.39 is 5.97 Å². The van der Waals surface area contributed by atoms with E-state index in [0.717, 1.165) is 11.3 Å². The van der Waals surface area contributed by atoms with Crippen LogP contribution in [0.4, 0.5) is 0 Å². The summed E-state index contributed by atoms with van der Waals surface area (Å²) in [6.45, 7) is 2.47. The Hall–Kier alpha value is -1.46. The van der Waals surface area contributed by atoms with Gasteiger partial charge in [-0.2, -0.15) is 0 Å². The van der Waals surface area contributed by atoms with Crippen molar-refractivity contribution in [1.82, 2.24) is 9.55 Å². The number of aryl methyl sites for hydroxylation is 1. The minimum absolute atomic E-state index is 0.00102. The summed E-state index contributed by atoms with van der Waals surface area (Å²) in [7, 11) is 0. The maximum absolute atomic E-state index is 10.6. The first kappa shape index (κ1) is 14.0. The van der Waals surface area contributed by atoms with Gasteiger partial charge in [0.2, 0.25) is 0 Å². The Kier molecular flexibility index (Phi) is 4.50. The average Bonchev–Trinajstić information content (AvgIpc) is 2.70. The molecule has 19 heavy (non-hydrogen) atoms. The number of rotatable bonds is 5. The van der Waals surface area contributed by atoms with E-state index in [1.807, 2.05) is 42.0 Å². The molecule has 1 N–H and O–H groups in total. The van der Waals surface area contributed by atoms with E-state index in [-0.39, 0.29) is 5.75 Å². The summed E-state index contributed by atoms with van der Waals surface area (Å²) in [4.78, 5) is 15.0. The second-order valence-electron chi connectivity index (χ2n) is 4.07. The lowest BCUT2D eigenvalue weighted by atomic mass is 10.2. The highest BCUT2D eigenvalue weighted by Crippen LogP contribution is 2.22. The molecule has 0 spiro atoms. The van der Waals surface area contributed by atoms with Gasteiger partial charge in [-0.3, -0.25) is 4.79 Å². The lowest BCUT2D eigenvalue weighted by molar-refractivity contribution is -0.133. The number of thioether (sulfide) groups is 1. The Morgan fingerprint density at radius 3 is 2.89 bits per heavy atom. The van der Waals surface area contributed by atoms with Crippen molar-refractivity contribution in [2.24, 2.45) is 0 Å². The highest BCUT2D eigenvalue weighted by Gasteiger charge is 2.10. The van der Waals surface area contributed by atoms with Crippen molar-refractivity contribution in [3.05, 3.63) is 46.7 Å². The maximum atomic E-state index is 10.6. The van der Waals surface area contributed by atoms with Crippen LogP contribution in [0.2, 0.25) is 5.02 Å². The predicted molar refractivity (Wildman–Crippen MR) is 75.9 cm³/mol. The summed E-state index contributed by atoms with van der Waals surface area (Å²) in [6.07, 6.45) is 1.90. The molecule has 4 nitrogen and oxygen atoms in total. The minimum atomic E-state index is -0.852. The van der Waals surface area contributed by atoms with Crippen molar-refractivity contribution in [1.29, 1.82) is 0 Å². The molecule has 0 aliphatic carbocycles. The van der Waals surface area contributed by atoms with Crippen LogP contribution in [0, 0.1) is 6.92 Å². The lowest BCUT2D eigenvalue weighted by Gasteiger charge is -2.08. The van der Waals surface area contributed by atoms with Gasteiger partial charge in [0, 0.05) is 11.2 Å². The molecule has 0 atom stereocenters. The van der Waals surface area contributed by atoms with Gasteiger partial charge in [-0.1, -0.05) is 41.6 Å². The third-order valence-corrected chi connectivity index (χ3v) is 3.83. The van der Waals surface area contributed by atoms with Crippen LogP contribution in [0.5, 0.6) is 0 Å². The molecular formula is C13H13ClN2O2S. The molecule has 2 rings (SSSR count). The van der Waals surface area contributed by atoms with E-state index >= 15 is 0 Å². The van der Waals surface area contributed by atoms with E-state index in [1.165, 1.54) is 11.8 Å². The van der Waals surface area contributed by atoms with Gasteiger partial charge in [0.1, 0.15) is 0 Å². The fraction of sp³-hybridized carbons (Fsp3) is 0.231. The number of aliphatic carboxylic acids is 1. The number of carboxylic acids is 1. The van der Waals surface area contributed by atoms with Crippen LogP contribution < -0.4 is 0 Å². The number of hydrogen-bond acceptors (Lipinski definition) is 3. The Bertz CT molecular complexity index is 598. The van der Waals surface area contributed by atoms with Crippen molar-refractivity contribution in [3.63, 3.8) is 0 Å². The van der Waals surface area contributed by atoms with E-state index in [9.17, 15) is 4.79 Å². The van der Waals surface area contributed by atoms with Gasteiger partial charge >= 0.3 is 5.97 Å². The highest BCUT2D eigenvalue weighted by molar-refractivity contribution is 7.99. The third kappa shape index (κ3) is 3.75. The van der Waals surface area contributed by atoms with Gasteiger partial charge in [-0.25, -0.2) is 4.98 Å². The summed E-state index contributed by atoms with van der Waals surface area (Å²) in [5, 5.41) is 10.1. The standard InChI is InChI=1S/C13H13ClN2O2S/c1-9-6-16(13(15-9)19-8-12(17)18)7-10-4-2-3-5-11(10)14/h2-6H,7-8H2,1H3,(H,17,18). The minimum Gasteiger partial charge on any atom is -0.481 e. The zero-order valence-electron chi connectivity index (χ0n) is 10.3. The summed E-state index contributed by atoms with van der Waals surface area (Å²) in [5.41, 5.74) is 1.85. The molecule has 0 saturated heterocycles. The Labute approximate surface area is 120 Å². The monoisotopic (exact) mass is 296 g/mol. The first-order valence-corrected chi connectivity index (χ1v) is 7.04. The van der Waals surface area contributed by atoms with Gasteiger partial charge in [0.05, 0.1) is 18.0 Å². The molecule has 1 heterocycles. The second-order valence-corrected chi connectivity index (χ2v) is 5.42. The molecule has 0 saturated carbocycles. The number of halogens is 1. The van der Waals surface area contributed by atoms with Gasteiger partial charge in [-0.15, -0.1) is 0 Å². The zero-order valence-corrected chi connectivity index (χ0v) is 11.9. The molecule has 6 heteroatoms. The van der Waals surface area contributed by atoms with Crippen molar-refractivity contribution in [2.45, 2.75) is 18.6 Å². The van der Waals surface area contributed by atoms with E-state index in [2.05, 4.69) is 4.98 Å².